The van der Waals surface area contributed by atoms with Gasteiger partial charge in [0.2, 0.25) is 0 Å². The molecule has 0 fully saturated rings. The Morgan fingerprint density at radius 1 is 0.385 bits per heavy atom. The standard InChI is InChI=1S/3C6H15NO.H2O.Ti/c3*1-5(2)7(8)6(3)4;;/h3*5-6,8H,1-4H3;1H2;. The molecule has 0 heterocycles. The van der Waals surface area contributed by atoms with Crippen molar-refractivity contribution in [3.63, 3.8) is 0 Å². The van der Waals surface area contributed by atoms with Gasteiger partial charge in [-0.25, -0.2) is 0 Å². The van der Waals surface area contributed by atoms with Crippen molar-refractivity contribution in [1.82, 2.24) is 15.2 Å². The third kappa shape index (κ3) is 22.5. The van der Waals surface area contributed by atoms with E-state index in [1.807, 2.05) is 83.1 Å². The van der Waals surface area contributed by atoms with Crippen molar-refractivity contribution < 1.29 is 42.8 Å². The Kier molecular flexibility index (Phi) is 28.9. The maximum atomic E-state index is 9.04. The fourth-order valence-electron chi connectivity index (χ4n) is 1.79. The second-order valence-electron chi connectivity index (χ2n) is 7.70. The minimum absolute atomic E-state index is 0. The molecular weight excluding hydrogens is 370 g/mol. The summed E-state index contributed by atoms with van der Waals surface area (Å²) in [6.07, 6.45) is 0. The Morgan fingerprint density at radius 3 is 0.462 bits per heavy atom. The van der Waals surface area contributed by atoms with Crippen LogP contribution in [0.15, 0.2) is 0 Å². The van der Waals surface area contributed by atoms with Crippen LogP contribution in [0.1, 0.15) is 83.1 Å². The number of hydrogen-bond donors (Lipinski definition) is 3. The van der Waals surface area contributed by atoms with Crippen molar-refractivity contribution in [1.29, 1.82) is 0 Å². The van der Waals surface area contributed by atoms with Gasteiger partial charge in [-0.3, -0.25) is 0 Å². The number of hydrogen-bond acceptors (Lipinski definition) is 6. The third-order valence-corrected chi connectivity index (χ3v) is 3.17. The first kappa shape index (κ1) is 37.2. The molecule has 0 aliphatic heterocycles. The van der Waals surface area contributed by atoms with Gasteiger partial charge in [0.05, 0.1) is 0 Å². The van der Waals surface area contributed by atoms with E-state index in [4.69, 9.17) is 15.6 Å². The molecule has 162 valence electrons. The monoisotopic (exact) mass is 417 g/mol. The summed E-state index contributed by atoms with van der Waals surface area (Å²) in [6, 6.07) is 1.39. The summed E-state index contributed by atoms with van der Waals surface area (Å²) >= 11 is 0. The molecule has 0 aliphatic carbocycles. The third-order valence-electron chi connectivity index (χ3n) is 3.17. The van der Waals surface area contributed by atoms with Crippen molar-refractivity contribution in [2.75, 3.05) is 0 Å². The van der Waals surface area contributed by atoms with Crippen LogP contribution in [-0.2, 0) is 21.7 Å². The van der Waals surface area contributed by atoms with E-state index in [0.717, 1.165) is 0 Å². The van der Waals surface area contributed by atoms with Crippen LogP contribution in [0.2, 0.25) is 0 Å². The average Bonchev–Trinajstić information content (AvgIpc) is 2.45. The summed E-state index contributed by atoms with van der Waals surface area (Å²) in [5, 5.41) is 31.1. The molecule has 0 saturated heterocycles. The molecule has 0 aromatic rings. The summed E-state index contributed by atoms with van der Waals surface area (Å²) in [4.78, 5) is 0. The van der Waals surface area contributed by atoms with Gasteiger partial charge >= 0.3 is 0 Å². The Balaban J connectivity index is -0.0000000817. The van der Waals surface area contributed by atoms with Gasteiger partial charge in [0.1, 0.15) is 0 Å². The maximum absolute atomic E-state index is 9.04. The second-order valence-corrected chi connectivity index (χ2v) is 7.70. The normalized spacial score (nSPS) is 11.1. The Morgan fingerprint density at radius 2 is 0.462 bits per heavy atom. The number of rotatable bonds is 6. The predicted molar refractivity (Wildman–Crippen MR) is 105 cm³/mol. The van der Waals surface area contributed by atoms with E-state index in [0.29, 0.717) is 0 Å². The van der Waals surface area contributed by atoms with Crippen molar-refractivity contribution in [2.24, 2.45) is 0 Å². The second kappa shape index (κ2) is 20.2. The molecule has 0 radical (unpaired) electrons. The first-order chi connectivity index (χ1) is 10.7. The van der Waals surface area contributed by atoms with Crippen LogP contribution >= 0.6 is 0 Å². The molecular formula is C18H47N3O4Ti. The van der Waals surface area contributed by atoms with Crippen LogP contribution in [0.25, 0.3) is 0 Å². The summed E-state index contributed by atoms with van der Waals surface area (Å²) < 4.78 is 0. The van der Waals surface area contributed by atoms with Crippen LogP contribution in [0.4, 0.5) is 0 Å². The van der Waals surface area contributed by atoms with Gasteiger partial charge in [-0.2, -0.15) is 15.2 Å². The first-order valence-electron chi connectivity index (χ1n) is 9.08. The molecule has 5 N–H and O–H groups in total. The van der Waals surface area contributed by atoms with E-state index in [1.165, 1.54) is 15.2 Å². The molecule has 26 heavy (non-hydrogen) atoms. The zero-order valence-corrected chi connectivity index (χ0v) is 20.7. The minimum Gasteiger partial charge on any atom is -0.412 e. The Labute approximate surface area is 177 Å². The Hall–Kier alpha value is 0.434. The summed E-state index contributed by atoms with van der Waals surface area (Å²) in [6.45, 7) is 23.5. The fraction of sp³-hybridized carbons (Fsp3) is 1.00. The minimum atomic E-state index is 0. The van der Waals surface area contributed by atoms with Crippen molar-refractivity contribution in [3.8, 4) is 0 Å². The van der Waals surface area contributed by atoms with Crippen LogP contribution < -0.4 is 0 Å². The molecule has 0 aromatic carbocycles. The predicted octanol–water partition coefficient (Wildman–Crippen LogP) is 3.66. The molecule has 0 spiro atoms. The van der Waals surface area contributed by atoms with Gasteiger partial charge in [-0.05, 0) is 83.1 Å². The number of nitrogens with zero attached hydrogens (tertiary/aromatic N) is 3. The van der Waals surface area contributed by atoms with E-state index in [1.54, 1.807) is 0 Å². The molecule has 0 aliphatic rings. The zero-order chi connectivity index (χ0) is 20.2. The van der Waals surface area contributed by atoms with Crippen molar-refractivity contribution >= 4 is 0 Å². The number of hydroxylamine groups is 6. The maximum Gasteiger partial charge on any atom is 0.0296 e. The van der Waals surface area contributed by atoms with Crippen molar-refractivity contribution in [3.05, 3.63) is 0 Å². The molecule has 0 saturated carbocycles. The van der Waals surface area contributed by atoms with E-state index in [9.17, 15) is 0 Å². The molecule has 7 nitrogen and oxygen atoms in total. The molecule has 0 rings (SSSR count). The van der Waals surface area contributed by atoms with Gasteiger partial charge in [0.15, 0.2) is 0 Å². The zero-order valence-electron chi connectivity index (χ0n) is 19.1. The quantitative estimate of drug-likeness (QED) is 0.450. The van der Waals surface area contributed by atoms with E-state index >= 15 is 0 Å². The SMILES string of the molecule is CC(C)N(O)C(C)C.CC(C)N(O)C(C)C.CC(C)N(O)C(C)C.O.[Ti]. The summed E-state index contributed by atoms with van der Waals surface area (Å²) in [5.74, 6) is 0. The molecule has 0 aromatic heterocycles. The first-order valence-corrected chi connectivity index (χ1v) is 9.08. The van der Waals surface area contributed by atoms with E-state index in [-0.39, 0.29) is 63.4 Å². The van der Waals surface area contributed by atoms with Gasteiger partial charge < -0.3 is 21.1 Å². The van der Waals surface area contributed by atoms with E-state index in [2.05, 4.69) is 0 Å². The van der Waals surface area contributed by atoms with E-state index < -0.39 is 0 Å². The summed E-state index contributed by atoms with van der Waals surface area (Å²) in [5.41, 5.74) is 0. The van der Waals surface area contributed by atoms with Crippen LogP contribution in [0.5, 0.6) is 0 Å². The van der Waals surface area contributed by atoms with Crippen LogP contribution in [-0.4, -0.2) is 72.5 Å². The van der Waals surface area contributed by atoms with Crippen molar-refractivity contribution in [2.45, 2.75) is 119 Å². The summed E-state index contributed by atoms with van der Waals surface area (Å²) in [7, 11) is 0. The van der Waals surface area contributed by atoms with Gasteiger partial charge in [0.25, 0.3) is 0 Å². The van der Waals surface area contributed by atoms with Gasteiger partial charge in [-0.1, -0.05) is 0 Å². The van der Waals surface area contributed by atoms with Crippen LogP contribution in [0.3, 0.4) is 0 Å². The van der Waals surface area contributed by atoms with Gasteiger partial charge in [-0.15, -0.1) is 0 Å². The van der Waals surface area contributed by atoms with Gasteiger partial charge in [0, 0.05) is 58.0 Å². The largest absolute Gasteiger partial charge is 0.412 e. The average molecular weight is 417 g/mol. The topological polar surface area (TPSA) is 102 Å². The van der Waals surface area contributed by atoms with Crippen LogP contribution in [0, 0.1) is 0 Å². The molecule has 0 bridgehead atoms. The fourth-order valence-corrected chi connectivity index (χ4v) is 1.79. The molecule has 0 amide bonds. The Bertz CT molecular complexity index is 212. The molecule has 0 unspecified atom stereocenters. The molecule has 0 atom stereocenters. The molecule has 8 heteroatoms. The smallest absolute Gasteiger partial charge is 0.0296 e.